The minimum atomic E-state index is 0.627. The molecule has 0 saturated carbocycles. The van der Waals surface area contributed by atoms with E-state index in [1.807, 2.05) is 6.92 Å². The quantitative estimate of drug-likeness (QED) is 0.426. The Morgan fingerprint density at radius 1 is 1.88 bits per heavy atom. The maximum Gasteiger partial charge on any atom is 0.163 e. The van der Waals surface area contributed by atoms with Crippen LogP contribution in [-0.4, -0.2) is 11.7 Å². The summed E-state index contributed by atoms with van der Waals surface area (Å²) in [5, 5.41) is 0.627. The predicted molar refractivity (Wildman–Crippen MR) is 39.0 cm³/mol. The summed E-state index contributed by atoms with van der Waals surface area (Å²) in [6.45, 7) is 6.09. The maximum atomic E-state index is 4.94. The lowest BCUT2D eigenvalue weighted by Gasteiger charge is -1.98. The van der Waals surface area contributed by atoms with E-state index in [0.29, 0.717) is 18.1 Å². The third-order valence-electron chi connectivity index (χ3n) is 0.616. The van der Waals surface area contributed by atoms with Gasteiger partial charge >= 0.3 is 0 Å². The van der Waals surface area contributed by atoms with Crippen molar-refractivity contribution in [2.45, 2.75) is 13.3 Å². The molecule has 0 heterocycles. The molecule has 0 atom stereocenters. The zero-order valence-electron chi connectivity index (χ0n) is 5.02. The number of ether oxygens (including phenoxy) is 1. The fourth-order valence-electron chi connectivity index (χ4n) is 0.338. The zero-order chi connectivity index (χ0) is 6.41. The largest absolute Gasteiger partial charge is 0.487 e. The molecule has 0 amide bonds. The van der Waals surface area contributed by atoms with Gasteiger partial charge in [-0.2, -0.15) is 0 Å². The van der Waals surface area contributed by atoms with Gasteiger partial charge in [-0.3, -0.25) is 0 Å². The monoisotopic (exact) mass is 130 g/mol. The van der Waals surface area contributed by atoms with E-state index in [9.17, 15) is 0 Å². The summed E-state index contributed by atoms with van der Waals surface area (Å²) in [7, 11) is 0. The van der Waals surface area contributed by atoms with E-state index < -0.39 is 0 Å². The third-order valence-corrected chi connectivity index (χ3v) is 0.901. The number of hydrogen-bond donors (Lipinski definition) is 0. The molecule has 0 saturated heterocycles. The van der Waals surface area contributed by atoms with Crippen LogP contribution in [-0.2, 0) is 4.74 Å². The molecular formula is C6H10OS. The van der Waals surface area contributed by atoms with Gasteiger partial charge in [-0.05, 0) is 19.1 Å². The molecule has 0 fully saturated rings. The van der Waals surface area contributed by atoms with Crippen molar-refractivity contribution in [1.29, 1.82) is 0 Å². The van der Waals surface area contributed by atoms with Gasteiger partial charge in [0, 0.05) is 6.42 Å². The van der Waals surface area contributed by atoms with Gasteiger partial charge in [0.05, 0.1) is 6.61 Å². The van der Waals surface area contributed by atoms with Crippen LogP contribution in [0.2, 0.25) is 0 Å². The lowest BCUT2D eigenvalue weighted by atomic mass is 10.4. The van der Waals surface area contributed by atoms with Gasteiger partial charge in [0.2, 0.25) is 0 Å². The minimum absolute atomic E-state index is 0.627. The highest BCUT2D eigenvalue weighted by atomic mass is 32.1. The van der Waals surface area contributed by atoms with Crippen molar-refractivity contribution in [2.24, 2.45) is 0 Å². The van der Waals surface area contributed by atoms with E-state index >= 15 is 0 Å². The van der Waals surface area contributed by atoms with Crippen molar-refractivity contribution in [3.05, 3.63) is 12.7 Å². The summed E-state index contributed by atoms with van der Waals surface area (Å²) in [6, 6.07) is 0. The fraction of sp³-hybridized carbons (Fsp3) is 0.500. The molecule has 2 heteroatoms. The summed E-state index contributed by atoms with van der Waals surface area (Å²) < 4.78 is 4.94. The molecule has 0 aromatic carbocycles. The molecule has 0 radical (unpaired) electrons. The summed E-state index contributed by atoms with van der Waals surface area (Å²) in [5.41, 5.74) is 0. The highest BCUT2D eigenvalue weighted by molar-refractivity contribution is 7.80. The zero-order valence-corrected chi connectivity index (χ0v) is 5.83. The van der Waals surface area contributed by atoms with E-state index in [2.05, 4.69) is 6.58 Å². The van der Waals surface area contributed by atoms with Crippen LogP contribution in [0.3, 0.4) is 0 Å². The fourth-order valence-corrected chi connectivity index (χ4v) is 0.573. The molecule has 0 N–H and O–H groups in total. The smallest absolute Gasteiger partial charge is 0.163 e. The summed E-state index contributed by atoms with van der Waals surface area (Å²) >= 11 is 4.76. The van der Waals surface area contributed by atoms with Gasteiger partial charge < -0.3 is 4.74 Å². The first-order chi connectivity index (χ1) is 3.81. The Kier molecular flexibility index (Phi) is 4.56. The van der Waals surface area contributed by atoms with Crippen molar-refractivity contribution >= 4 is 17.3 Å². The summed E-state index contributed by atoms with van der Waals surface area (Å²) in [6.07, 6.45) is 2.42. The van der Waals surface area contributed by atoms with Crippen molar-refractivity contribution < 1.29 is 4.74 Å². The average molecular weight is 130 g/mol. The van der Waals surface area contributed by atoms with Crippen LogP contribution < -0.4 is 0 Å². The van der Waals surface area contributed by atoms with Crippen molar-refractivity contribution in [2.75, 3.05) is 6.61 Å². The molecule has 0 bridgehead atoms. The lowest BCUT2D eigenvalue weighted by molar-refractivity contribution is 0.330. The first-order valence-corrected chi connectivity index (χ1v) is 2.98. The Hall–Kier alpha value is -0.370. The SMILES string of the molecule is C=CCC(=S)OCC. The molecule has 1 nitrogen and oxygen atoms in total. The second-order valence-electron chi connectivity index (χ2n) is 1.30. The van der Waals surface area contributed by atoms with Crippen LogP contribution in [0.1, 0.15) is 13.3 Å². The van der Waals surface area contributed by atoms with Crippen molar-refractivity contribution in [3.8, 4) is 0 Å². The molecule has 46 valence electrons. The van der Waals surface area contributed by atoms with Crippen LogP contribution in [0.4, 0.5) is 0 Å². The summed E-state index contributed by atoms with van der Waals surface area (Å²) in [4.78, 5) is 0. The molecule has 0 rings (SSSR count). The molecule has 0 aromatic heterocycles. The standard InChI is InChI=1S/C6H10OS/c1-3-5-6(8)7-4-2/h3H,1,4-5H2,2H3. The molecular weight excluding hydrogens is 120 g/mol. The van der Waals surface area contributed by atoms with Crippen LogP contribution in [0.5, 0.6) is 0 Å². The van der Waals surface area contributed by atoms with E-state index in [0.717, 1.165) is 0 Å². The van der Waals surface area contributed by atoms with E-state index in [-0.39, 0.29) is 0 Å². The number of thiocarbonyl (C=S) groups is 1. The highest BCUT2D eigenvalue weighted by Crippen LogP contribution is 1.88. The molecule has 0 spiro atoms. The minimum Gasteiger partial charge on any atom is -0.487 e. The Morgan fingerprint density at radius 2 is 2.50 bits per heavy atom. The number of rotatable bonds is 3. The molecule has 0 aliphatic carbocycles. The molecule has 0 aromatic rings. The van der Waals surface area contributed by atoms with Gasteiger partial charge in [0.1, 0.15) is 0 Å². The van der Waals surface area contributed by atoms with Crippen LogP contribution in [0.25, 0.3) is 0 Å². The Bertz CT molecular complexity index is 88.5. The van der Waals surface area contributed by atoms with Crippen LogP contribution in [0, 0.1) is 0 Å². The maximum absolute atomic E-state index is 4.94. The van der Waals surface area contributed by atoms with Crippen molar-refractivity contribution in [1.82, 2.24) is 0 Å². The summed E-state index contributed by atoms with van der Waals surface area (Å²) in [5.74, 6) is 0. The lowest BCUT2D eigenvalue weighted by Crippen LogP contribution is -1.97. The van der Waals surface area contributed by atoms with Crippen LogP contribution in [0.15, 0.2) is 12.7 Å². The van der Waals surface area contributed by atoms with Crippen molar-refractivity contribution in [3.63, 3.8) is 0 Å². The van der Waals surface area contributed by atoms with E-state index in [1.54, 1.807) is 6.08 Å². The Labute approximate surface area is 55.3 Å². The van der Waals surface area contributed by atoms with Gasteiger partial charge in [0.15, 0.2) is 5.05 Å². The predicted octanol–water partition coefficient (Wildman–Crippen LogP) is 1.93. The van der Waals surface area contributed by atoms with Crippen LogP contribution >= 0.6 is 12.2 Å². The average Bonchev–Trinajstić information content (AvgIpc) is 1.68. The normalized spacial score (nSPS) is 8.12. The van der Waals surface area contributed by atoms with Gasteiger partial charge in [-0.25, -0.2) is 0 Å². The Morgan fingerprint density at radius 3 is 2.88 bits per heavy atom. The van der Waals surface area contributed by atoms with Gasteiger partial charge in [-0.15, -0.1) is 6.58 Å². The molecule has 0 unspecified atom stereocenters. The first-order valence-electron chi connectivity index (χ1n) is 2.57. The first kappa shape index (κ1) is 7.63. The van der Waals surface area contributed by atoms with Gasteiger partial charge in [-0.1, -0.05) is 6.08 Å². The van der Waals surface area contributed by atoms with E-state index in [1.165, 1.54) is 0 Å². The molecule has 0 aliphatic rings. The van der Waals surface area contributed by atoms with Gasteiger partial charge in [0.25, 0.3) is 0 Å². The second-order valence-corrected chi connectivity index (χ2v) is 1.75. The Balaban J connectivity index is 3.18. The number of hydrogen-bond acceptors (Lipinski definition) is 2. The molecule has 0 aliphatic heterocycles. The van der Waals surface area contributed by atoms with E-state index in [4.69, 9.17) is 17.0 Å². The highest BCUT2D eigenvalue weighted by Gasteiger charge is 1.87. The second kappa shape index (κ2) is 4.78. The molecule has 8 heavy (non-hydrogen) atoms. The topological polar surface area (TPSA) is 9.23 Å². The third kappa shape index (κ3) is 3.81.